The van der Waals surface area contributed by atoms with E-state index in [0.717, 1.165) is 38.5 Å². The molecule has 0 atom stereocenters. The molecule has 0 heterocycles. The molecular weight excluding hydrogens is 348 g/mol. The van der Waals surface area contributed by atoms with Gasteiger partial charge in [0.05, 0.1) is 18.3 Å². The van der Waals surface area contributed by atoms with Gasteiger partial charge in [-0.05, 0) is 38.5 Å². The predicted octanol–water partition coefficient (Wildman–Crippen LogP) is 4.35. The maximum atomic E-state index is 8.91. The fraction of sp³-hybridized carbons (Fsp3) is 1.00. The van der Waals surface area contributed by atoms with Crippen molar-refractivity contribution >= 4 is 12.4 Å². The van der Waals surface area contributed by atoms with Crippen LogP contribution in [-0.2, 0) is 21.7 Å². The van der Waals surface area contributed by atoms with E-state index >= 15 is 0 Å². The first-order valence-corrected chi connectivity index (χ1v) is 9.22. The zero-order valence-electron chi connectivity index (χ0n) is 14.6. The zero-order valence-corrected chi connectivity index (χ0v) is 17.0. The van der Waals surface area contributed by atoms with Crippen LogP contribution in [0.2, 0.25) is 0 Å². The van der Waals surface area contributed by atoms with Crippen LogP contribution in [0.5, 0.6) is 0 Å². The SMILES string of the molecule is Cl.OC1CCCCC1.OC1CCCCC1.OC1CCCCC1.[Ti]. The van der Waals surface area contributed by atoms with Crippen LogP contribution in [0.4, 0.5) is 0 Å². The second kappa shape index (κ2) is 17.7. The van der Waals surface area contributed by atoms with Crippen molar-refractivity contribution in [3.8, 4) is 0 Å². The van der Waals surface area contributed by atoms with Gasteiger partial charge in [-0.15, -0.1) is 12.4 Å². The summed E-state index contributed by atoms with van der Waals surface area (Å²) in [5.41, 5.74) is 0. The summed E-state index contributed by atoms with van der Waals surface area (Å²) < 4.78 is 0. The molecule has 0 unspecified atom stereocenters. The van der Waals surface area contributed by atoms with Crippen molar-refractivity contribution < 1.29 is 37.0 Å². The maximum absolute atomic E-state index is 8.91. The van der Waals surface area contributed by atoms with Gasteiger partial charge in [0, 0.05) is 21.7 Å². The molecule has 0 amide bonds. The minimum atomic E-state index is 0. The molecular formula is C18H37ClO3Ti. The number of rotatable bonds is 0. The summed E-state index contributed by atoms with van der Waals surface area (Å²) in [4.78, 5) is 0. The van der Waals surface area contributed by atoms with Crippen molar-refractivity contribution in [3.05, 3.63) is 0 Å². The van der Waals surface area contributed by atoms with E-state index in [-0.39, 0.29) is 52.4 Å². The standard InChI is InChI=1S/3C6H12O.ClH.Ti/c3*7-6-4-2-1-3-5-6;;/h3*6-7H,1-5H2;1H;. The van der Waals surface area contributed by atoms with Crippen molar-refractivity contribution in [2.24, 2.45) is 0 Å². The molecule has 3 N–H and O–H groups in total. The first kappa shape index (κ1) is 26.1. The molecule has 3 aliphatic carbocycles. The summed E-state index contributed by atoms with van der Waals surface area (Å²) in [5, 5.41) is 26.7. The average Bonchev–Trinajstić information content (AvgIpc) is 2.51. The Morgan fingerprint density at radius 3 is 0.652 bits per heavy atom. The molecule has 3 rings (SSSR count). The molecule has 0 bridgehead atoms. The van der Waals surface area contributed by atoms with Crippen LogP contribution >= 0.6 is 12.4 Å². The molecule has 138 valence electrons. The van der Waals surface area contributed by atoms with Crippen LogP contribution in [0, 0.1) is 0 Å². The van der Waals surface area contributed by atoms with E-state index in [1.807, 2.05) is 0 Å². The Morgan fingerprint density at radius 2 is 0.565 bits per heavy atom. The summed E-state index contributed by atoms with van der Waals surface area (Å²) in [6.07, 6.45) is 17.8. The van der Waals surface area contributed by atoms with Crippen molar-refractivity contribution in [2.45, 2.75) is 115 Å². The number of aliphatic hydroxyl groups is 3. The number of aliphatic hydroxyl groups excluding tert-OH is 3. The molecule has 3 saturated carbocycles. The Labute approximate surface area is 163 Å². The first-order chi connectivity index (χ1) is 10.2. The molecule has 0 aromatic rings. The molecule has 0 aromatic heterocycles. The Balaban J connectivity index is 0. The largest absolute Gasteiger partial charge is 0.393 e. The van der Waals surface area contributed by atoms with Crippen LogP contribution in [0.15, 0.2) is 0 Å². The van der Waals surface area contributed by atoms with Gasteiger partial charge in [-0.3, -0.25) is 0 Å². The minimum absolute atomic E-state index is 0. The molecule has 3 aliphatic rings. The quantitative estimate of drug-likeness (QED) is 0.544. The third kappa shape index (κ3) is 16.1. The number of hydrogen-bond acceptors (Lipinski definition) is 3. The van der Waals surface area contributed by atoms with E-state index < -0.39 is 0 Å². The third-order valence-electron chi connectivity index (χ3n) is 4.72. The van der Waals surface area contributed by atoms with E-state index in [1.165, 1.54) is 57.8 Å². The van der Waals surface area contributed by atoms with Crippen LogP contribution in [0.1, 0.15) is 96.3 Å². The van der Waals surface area contributed by atoms with Gasteiger partial charge >= 0.3 is 0 Å². The average molecular weight is 385 g/mol. The van der Waals surface area contributed by atoms with E-state index in [0.29, 0.717) is 0 Å². The molecule has 23 heavy (non-hydrogen) atoms. The van der Waals surface area contributed by atoms with Gasteiger partial charge in [-0.25, -0.2) is 0 Å². The van der Waals surface area contributed by atoms with Gasteiger partial charge in [0.1, 0.15) is 0 Å². The fourth-order valence-corrected chi connectivity index (χ4v) is 3.24. The summed E-state index contributed by atoms with van der Waals surface area (Å²) in [6, 6.07) is 0. The number of halogens is 1. The van der Waals surface area contributed by atoms with Gasteiger partial charge in [0.25, 0.3) is 0 Å². The van der Waals surface area contributed by atoms with E-state index in [1.54, 1.807) is 0 Å². The topological polar surface area (TPSA) is 60.7 Å². The Hall–Kier alpha value is 0.884. The van der Waals surface area contributed by atoms with Crippen LogP contribution in [0.25, 0.3) is 0 Å². The van der Waals surface area contributed by atoms with E-state index in [9.17, 15) is 0 Å². The monoisotopic (exact) mass is 384 g/mol. The fourth-order valence-electron chi connectivity index (χ4n) is 3.24. The molecule has 3 nitrogen and oxygen atoms in total. The van der Waals surface area contributed by atoms with Gasteiger partial charge < -0.3 is 15.3 Å². The van der Waals surface area contributed by atoms with Gasteiger partial charge in [0.15, 0.2) is 0 Å². The van der Waals surface area contributed by atoms with Crippen LogP contribution in [-0.4, -0.2) is 33.6 Å². The molecule has 0 aromatic carbocycles. The molecule has 5 heteroatoms. The molecule has 0 radical (unpaired) electrons. The van der Waals surface area contributed by atoms with Crippen LogP contribution in [0.3, 0.4) is 0 Å². The predicted molar refractivity (Wildman–Crippen MR) is 94.5 cm³/mol. The smallest absolute Gasteiger partial charge is 0.0540 e. The maximum Gasteiger partial charge on any atom is 0.0540 e. The molecule has 0 spiro atoms. The van der Waals surface area contributed by atoms with Crippen molar-refractivity contribution in [3.63, 3.8) is 0 Å². The molecule has 0 saturated heterocycles. The summed E-state index contributed by atoms with van der Waals surface area (Å²) in [5.74, 6) is 0. The summed E-state index contributed by atoms with van der Waals surface area (Å²) >= 11 is 0. The Kier molecular flexibility index (Phi) is 20.1. The van der Waals surface area contributed by atoms with E-state index in [2.05, 4.69) is 0 Å². The second-order valence-electron chi connectivity index (χ2n) is 6.88. The summed E-state index contributed by atoms with van der Waals surface area (Å²) in [7, 11) is 0. The van der Waals surface area contributed by atoms with Crippen LogP contribution < -0.4 is 0 Å². The van der Waals surface area contributed by atoms with Gasteiger partial charge in [0.2, 0.25) is 0 Å². The normalized spacial score (nSPS) is 23.1. The molecule has 0 aliphatic heterocycles. The minimum Gasteiger partial charge on any atom is -0.393 e. The summed E-state index contributed by atoms with van der Waals surface area (Å²) in [6.45, 7) is 0. The first-order valence-electron chi connectivity index (χ1n) is 9.22. The zero-order chi connectivity index (χ0) is 15.3. The second-order valence-corrected chi connectivity index (χ2v) is 6.88. The number of hydrogen-bond donors (Lipinski definition) is 3. The van der Waals surface area contributed by atoms with Gasteiger partial charge in [-0.2, -0.15) is 0 Å². The van der Waals surface area contributed by atoms with Crippen molar-refractivity contribution in [2.75, 3.05) is 0 Å². The van der Waals surface area contributed by atoms with Crippen molar-refractivity contribution in [1.29, 1.82) is 0 Å². The third-order valence-corrected chi connectivity index (χ3v) is 4.72. The van der Waals surface area contributed by atoms with E-state index in [4.69, 9.17) is 15.3 Å². The Morgan fingerprint density at radius 1 is 0.391 bits per heavy atom. The van der Waals surface area contributed by atoms with Crippen molar-refractivity contribution in [1.82, 2.24) is 0 Å². The Bertz CT molecular complexity index is 188. The van der Waals surface area contributed by atoms with Gasteiger partial charge in [-0.1, -0.05) is 57.8 Å². The molecule has 3 fully saturated rings.